The number of furan rings is 1. The number of fused-ring (bicyclic) bond motifs is 2. The smallest absolute Gasteiger partial charge is 0.262 e. The van der Waals surface area contributed by atoms with Crippen LogP contribution in [0, 0.1) is 12.8 Å². The number of nitrogens with one attached hydrogen (secondary N) is 1. The Morgan fingerprint density at radius 2 is 1.75 bits per heavy atom. The number of anilines is 1. The van der Waals surface area contributed by atoms with E-state index in [-0.39, 0.29) is 40.6 Å². The van der Waals surface area contributed by atoms with Gasteiger partial charge in [-0.3, -0.25) is 14.4 Å². The molecule has 1 aliphatic carbocycles. The minimum Gasteiger partial charge on any atom is -0.496 e. The topological polar surface area (TPSA) is 85.6 Å². The van der Waals surface area contributed by atoms with Crippen molar-refractivity contribution in [3.63, 3.8) is 0 Å². The van der Waals surface area contributed by atoms with Gasteiger partial charge < -0.3 is 14.5 Å². The van der Waals surface area contributed by atoms with Gasteiger partial charge in [0.25, 0.3) is 5.91 Å². The molecule has 2 atom stereocenters. The van der Waals surface area contributed by atoms with Crippen LogP contribution in [-0.4, -0.2) is 23.6 Å². The van der Waals surface area contributed by atoms with Crippen molar-refractivity contribution in [2.45, 2.75) is 38.7 Å². The summed E-state index contributed by atoms with van der Waals surface area (Å²) in [7, 11) is 0. The SMILES string of the molecule is Cc1ccc(C(=O)c2oc3ccccc3c2NC(=O)C2=COC3CCCCC3C2=O)cc1. The van der Waals surface area contributed by atoms with E-state index in [1.807, 2.05) is 19.1 Å². The fourth-order valence-corrected chi connectivity index (χ4v) is 4.48. The summed E-state index contributed by atoms with van der Waals surface area (Å²) in [4.78, 5) is 39.3. The zero-order valence-electron chi connectivity index (χ0n) is 17.7. The molecule has 1 aromatic heterocycles. The van der Waals surface area contributed by atoms with Gasteiger partial charge in [0.05, 0.1) is 17.9 Å². The Bertz CT molecular complexity index is 1250. The van der Waals surface area contributed by atoms with Crippen molar-refractivity contribution < 1.29 is 23.5 Å². The lowest BCUT2D eigenvalue weighted by Gasteiger charge is -2.33. The fraction of sp³-hybridized carbons (Fsp3) is 0.269. The van der Waals surface area contributed by atoms with Crippen molar-refractivity contribution in [1.29, 1.82) is 0 Å². The van der Waals surface area contributed by atoms with Crippen LogP contribution in [0.2, 0.25) is 0 Å². The molecule has 32 heavy (non-hydrogen) atoms. The van der Waals surface area contributed by atoms with Gasteiger partial charge in [-0.05, 0) is 38.3 Å². The summed E-state index contributed by atoms with van der Waals surface area (Å²) in [6.45, 7) is 1.94. The Morgan fingerprint density at radius 3 is 2.56 bits per heavy atom. The van der Waals surface area contributed by atoms with E-state index in [0.717, 1.165) is 31.2 Å². The largest absolute Gasteiger partial charge is 0.496 e. The molecule has 2 heterocycles. The normalized spacial score (nSPS) is 20.3. The van der Waals surface area contributed by atoms with Crippen molar-refractivity contribution in [3.8, 4) is 0 Å². The van der Waals surface area contributed by atoms with Crippen LogP contribution >= 0.6 is 0 Å². The van der Waals surface area contributed by atoms with Crippen LogP contribution in [-0.2, 0) is 14.3 Å². The molecule has 2 aromatic carbocycles. The number of rotatable bonds is 4. The Kier molecular flexibility index (Phi) is 5.13. The first-order chi connectivity index (χ1) is 15.5. The van der Waals surface area contributed by atoms with Crippen LogP contribution < -0.4 is 5.32 Å². The molecule has 1 saturated carbocycles. The lowest BCUT2D eigenvalue weighted by molar-refractivity contribution is -0.129. The minimum absolute atomic E-state index is 0.0211. The van der Waals surface area contributed by atoms with Crippen LogP contribution in [0.1, 0.15) is 47.4 Å². The van der Waals surface area contributed by atoms with E-state index >= 15 is 0 Å². The number of hydrogen-bond donors (Lipinski definition) is 1. The highest BCUT2D eigenvalue weighted by Gasteiger charge is 2.39. The van der Waals surface area contributed by atoms with E-state index in [9.17, 15) is 14.4 Å². The Balaban J connectivity index is 1.50. The lowest BCUT2D eigenvalue weighted by Crippen LogP contribution is -2.39. The summed E-state index contributed by atoms with van der Waals surface area (Å²) >= 11 is 0. The number of carbonyl (C=O) groups excluding carboxylic acids is 3. The molecule has 0 radical (unpaired) electrons. The minimum atomic E-state index is -0.594. The van der Waals surface area contributed by atoms with Crippen molar-refractivity contribution in [2.24, 2.45) is 5.92 Å². The van der Waals surface area contributed by atoms with E-state index in [2.05, 4.69) is 5.32 Å². The van der Waals surface area contributed by atoms with Crippen LogP contribution in [0.4, 0.5) is 5.69 Å². The standard InChI is InChI=1S/C26H23NO5/c1-15-10-12-16(13-11-15)23(28)25-22(17-6-2-5-9-21(17)32-25)27-26(30)19-14-31-20-8-4-3-7-18(20)24(19)29/h2,5-6,9-14,18,20H,3-4,7-8H2,1H3,(H,27,30). The summed E-state index contributed by atoms with van der Waals surface area (Å²) < 4.78 is 11.6. The number of aryl methyl sites for hydroxylation is 1. The van der Waals surface area contributed by atoms with Crippen molar-refractivity contribution in [1.82, 2.24) is 0 Å². The first-order valence-electron chi connectivity index (χ1n) is 10.9. The summed E-state index contributed by atoms with van der Waals surface area (Å²) in [5.74, 6) is -1.39. The van der Waals surface area contributed by atoms with Crippen molar-refractivity contribution in [2.75, 3.05) is 5.32 Å². The molecule has 6 heteroatoms. The lowest BCUT2D eigenvalue weighted by atomic mass is 9.80. The van der Waals surface area contributed by atoms with E-state index in [1.54, 1.807) is 36.4 Å². The molecule has 2 aliphatic rings. The van der Waals surface area contributed by atoms with Gasteiger partial charge in [0.15, 0.2) is 11.5 Å². The highest BCUT2D eigenvalue weighted by Crippen LogP contribution is 2.35. The Morgan fingerprint density at radius 1 is 1.00 bits per heavy atom. The monoisotopic (exact) mass is 429 g/mol. The van der Waals surface area contributed by atoms with Gasteiger partial charge in [-0.15, -0.1) is 0 Å². The van der Waals surface area contributed by atoms with E-state index in [1.165, 1.54) is 6.26 Å². The second-order valence-corrected chi connectivity index (χ2v) is 8.41. The Labute approximate surface area is 185 Å². The van der Waals surface area contributed by atoms with E-state index in [4.69, 9.17) is 9.15 Å². The third-order valence-corrected chi connectivity index (χ3v) is 6.26. The highest BCUT2D eigenvalue weighted by molar-refractivity contribution is 6.27. The maximum atomic E-state index is 13.2. The highest BCUT2D eigenvalue weighted by atomic mass is 16.5. The second-order valence-electron chi connectivity index (χ2n) is 8.41. The Hall–Kier alpha value is -3.67. The van der Waals surface area contributed by atoms with Crippen LogP contribution in [0.15, 0.2) is 64.8 Å². The van der Waals surface area contributed by atoms with Gasteiger partial charge in [-0.2, -0.15) is 0 Å². The summed E-state index contributed by atoms with van der Waals surface area (Å²) in [5.41, 5.74) is 2.20. The second kappa shape index (κ2) is 8.11. The van der Waals surface area contributed by atoms with Gasteiger partial charge in [0.2, 0.25) is 5.78 Å². The molecule has 2 unspecified atom stereocenters. The number of benzene rings is 2. The number of ketones is 2. The number of ether oxygens (including phenoxy) is 1. The zero-order chi connectivity index (χ0) is 22.2. The summed E-state index contributed by atoms with van der Waals surface area (Å²) in [5, 5.41) is 3.36. The predicted octanol–water partition coefficient (Wildman–Crippen LogP) is 4.95. The number of Topliss-reactive ketones (excluding diaryl/α,β-unsaturated/α-hetero) is 1. The fourth-order valence-electron chi connectivity index (χ4n) is 4.48. The quantitative estimate of drug-likeness (QED) is 0.468. The van der Waals surface area contributed by atoms with Crippen LogP contribution in [0.3, 0.4) is 0 Å². The van der Waals surface area contributed by atoms with E-state index < -0.39 is 5.91 Å². The molecule has 1 amide bonds. The summed E-state index contributed by atoms with van der Waals surface area (Å²) in [6.07, 6.45) is 4.64. The van der Waals surface area contributed by atoms with Crippen molar-refractivity contribution >= 4 is 34.1 Å². The number of para-hydroxylation sites is 1. The third-order valence-electron chi connectivity index (χ3n) is 6.26. The zero-order valence-corrected chi connectivity index (χ0v) is 17.7. The molecule has 3 aromatic rings. The van der Waals surface area contributed by atoms with Gasteiger partial charge >= 0.3 is 0 Å². The molecule has 5 rings (SSSR count). The molecular weight excluding hydrogens is 406 g/mol. The molecule has 1 aliphatic heterocycles. The average molecular weight is 429 g/mol. The summed E-state index contributed by atoms with van der Waals surface area (Å²) in [6, 6.07) is 14.2. The first kappa shape index (κ1) is 20.2. The third kappa shape index (κ3) is 3.51. The van der Waals surface area contributed by atoms with Gasteiger partial charge in [0.1, 0.15) is 17.3 Å². The van der Waals surface area contributed by atoms with Gasteiger partial charge in [-0.25, -0.2) is 0 Å². The first-order valence-corrected chi connectivity index (χ1v) is 10.9. The molecule has 6 nitrogen and oxygen atoms in total. The van der Waals surface area contributed by atoms with E-state index in [0.29, 0.717) is 16.5 Å². The van der Waals surface area contributed by atoms with Crippen LogP contribution in [0.5, 0.6) is 0 Å². The number of carbonyl (C=O) groups is 3. The predicted molar refractivity (Wildman–Crippen MR) is 119 cm³/mol. The van der Waals surface area contributed by atoms with Gasteiger partial charge in [-0.1, -0.05) is 48.4 Å². The number of amides is 1. The van der Waals surface area contributed by atoms with Crippen molar-refractivity contribution in [3.05, 3.63) is 77.3 Å². The molecular formula is C26H23NO5. The maximum absolute atomic E-state index is 13.2. The molecule has 1 fully saturated rings. The number of hydrogen-bond acceptors (Lipinski definition) is 5. The maximum Gasteiger partial charge on any atom is 0.262 e. The molecule has 1 N–H and O–H groups in total. The van der Waals surface area contributed by atoms with Crippen LogP contribution in [0.25, 0.3) is 11.0 Å². The molecule has 162 valence electrons. The molecule has 0 saturated heterocycles. The molecule has 0 spiro atoms. The van der Waals surface area contributed by atoms with Gasteiger partial charge in [0, 0.05) is 10.9 Å². The molecule has 0 bridgehead atoms. The average Bonchev–Trinajstić information content (AvgIpc) is 3.18.